The van der Waals surface area contributed by atoms with Crippen LogP contribution in [0.15, 0.2) is 11.3 Å². The minimum absolute atomic E-state index is 0.0153. The molecule has 2 heterocycles. The number of nitrogens with one attached hydrogen (secondary N) is 1. The number of nitrogens with two attached hydrogens (primary N) is 2. The maximum Gasteiger partial charge on any atom is 0.352 e. The Morgan fingerprint density at radius 2 is 2.08 bits per heavy atom. The molecule has 9 nitrogen and oxygen atoms in total. The van der Waals surface area contributed by atoms with Gasteiger partial charge in [0, 0.05) is 11.0 Å². The van der Waals surface area contributed by atoms with Crippen LogP contribution in [-0.4, -0.2) is 62.1 Å². The highest BCUT2D eigenvalue weighted by molar-refractivity contribution is 8.00. The fraction of sp³-hybridized carbons (Fsp3) is 0.643. The molecule has 1 saturated heterocycles. The second-order valence-corrected chi connectivity index (χ2v) is 7.42. The van der Waals surface area contributed by atoms with Crippen LogP contribution in [-0.2, 0) is 14.4 Å². The first-order valence-electron chi connectivity index (χ1n) is 7.54. The number of hydrogen-bond acceptors (Lipinski definition) is 7. The summed E-state index contributed by atoms with van der Waals surface area (Å²) in [4.78, 5) is 36.3. The third-order valence-corrected chi connectivity index (χ3v) is 5.83. The van der Waals surface area contributed by atoms with Crippen LogP contribution in [0, 0.1) is 5.92 Å². The number of hydrogen-bond donors (Lipinski definition) is 5. The van der Waals surface area contributed by atoms with E-state index < -0.39 is 29.9 Å². The summed E-state index contributed by atoms with van der Waals surface area (Å²) in [7, 11) is 0. The first-order valence-corrected chi connectivity index (χ1v) is 8.59. The van der Waals surface area contributed by atoms with E-state index in [2.05, 4.69) is 0 Å². The number of aliphatic hydroxyl groups is 1. The number of carbonyl (C=O) groups excluding carboxylic acids is 2. The van der Waals surface area contributed by atoms with Crippen molar-refractivity contribution in [3.05, 3.63) is 11.3 Å². The van der Waals surface area contributed by atoms with Crippen molar-refractivity contribution >= 4 is 29.5 Å². The zero-order valence-electron chi connectivity index (χ0n) is 13.4. The molecule has 0 aromatic rings. The molecule has 0 bridgehead atoms. The Hall–Kier alpha value is -1.62. The number of carbonyl (C=O) groups is 3. The number of amides is 2. The molecule has 2 aliphatic rings. The average molecular weight is 358 g/mol. The van der Waals surface area contributed by atoms with E-state index in [1.54, 1.807) is 6.92 Å². The van der Waals surface area contributed by atoms with Crippen LogP contribution in [0.25, 0.3) is 0 Å². The van der Waals surface area contributed by atoms with Crippen molar-refractivity contribution in [3.8, 4) is 0 Å². The van der Waals surface area contributed by atoms with Crippen molar-refractivity contribution < 1.29 is 24.6 Å². The second kappa shape index (κ2) is 7.09. The summed E-state index contributed by atoms with van der Waals surface area (Å²) in [6.45, 7) is 3.28. The molecule has 0 saturated carbocycles. The smallest absolute Gasteiger partial charge is 0.352 e. The quantitative estimate of drug-likeness (QED) is 0.157. The fourth-order valence-electron chi connectivity index (χ4n) is 3.14. The van der Waals surface area contributed by atoms with Gasteiger partial charge in [0.15, 0.2) is 0 Å². The summed E-state index contributed by atoms with van der Waals surface area (Å²) in [6.07, 6.45) is -0.414. The first-order chi connectivity index (χ1) is 11.2. The summed E-state index contributed by atoms with van der Waals surface area (Å²) >= 11 is 1.33. The number of fused-ring (bicyclic) bond motifs is 1. The van der Waals surface area contributed by atoms with Crippen LogP contribution in [0.1, 0.15) is 20.3 Å². The second-order valence-electron chi connectivity index (χ2n) is 6.05. The van der Waals surface area contributed by atoms with E-state index in [0.717, 1.165) is 0 Å². The van der Waals surface area contributed by atoms with E-state index in [-0.39, 0.29) is 22.9 Å². The maximum atomic E-state index is 12.1. The molecule has 0 radical (unpaired) electrons. The number of rotatable bonds is 7. The zero-order valence-corrected chi connectivity index (χ0v) is 14.2. The lowest BCUT2D eigenvalue weighted by molar-refractivity contribution is -0.161. The van der Waals surface area contributed by atoms with E-state index >= 15 is 0 Å². The molecule has 0 aromatic carbocycles. The summed E-state index contributed by atoms with van der Waals surface area (Å²) in [6, 6.07) is -1.13. The normalized spacial score (nSPS) is 26.5. The Morgan fingerprint density at radius 1 is 1.46 bits per heavy atom. The molecule has 5 unspecified atom stereocenters. The Morgan fingerprint density at radius 3 is 2.58 bits per heavy atom. The Balaban J connectivity index is 2.08. The van der Waals surface area contributed by atoms with Gasteiger partial charge in [0.25, 0.3) is 5.91 Å². The van der Waals surface area contributed by atoms with Gasteiger partial charge in [-0.25, -0.2) is 10.6 Å². The lowest BCUT2D eigenvalue weighted by Crippen LogP contribution is -2.61. The van der Waals surface area contributed by atoms with Crippen LogP contribution >= 0.6 is 11.8 Å². The maximum absolute atomic E-state index is 12.1. The topological polar surface area (TPSA) is 159 Å². The van der Waals surface area contributed by atoms with E-state index in [4.69, 9.17) is 11.6 Å². The van der Waals surface area contributed by atoms with E-state index in [9.17, 15) is 24.6 Å². The standard InChI is InChI=1S/C14H22N4O5S/c1-5(19)9-8-3-7(11(14(22)23)18(8)13(9)21)4-24-6(2)10(15)12(20)17-16/h5-6,8-10,19H,3-4,15-16H2,1-2H3,(H,17,20)(H,22,23). The van der Waals surface area contributed by atoms with Gasteiger partial charge in [-0.3, -0.25) is 15.0 Å². The minimum atomic E-state index is -1.16. The van der Waals surface area contributed by atoms with Crippen LogP contribution < -0.4 is 17.0 Å². The van der Waals surface area contributed by atoms with Crippen LogP contribution in [0.2, 0.25) is 0 Å². The largest absolute Gasteiger partial charge is 0.477 e. The van der Waals surface area contributed by atoms with Gasteiger partial charge >= 0.3 is 5.97 Å². The van der Waals surface area contributed by atoms with Gasteiger partial charge in [-0.15, -0.1) is 0 Å². The van der Waals surface area contributed by atoms with Crippen molar-refractivity contribution in [3.63, 3.8) is 0 Å². The molecule has 2 aliphatic heterocycles. The van der Waals surface area contributed by atoms with Crippen LogP contribution in [0.4, 0.5) is 0 Å². The van der Waals surface area contributed by atoms with Crippen molar-refractivity contribution in [1.82, 2.24) is 10.3 Å². The average Bonchev–Trinajstić information content (AvgIpc) is 2.85. The number of aliphatic carboxylic acids is 1. The van der Waals surface area contributed by atoms with E-state index in [0.29, 0.717) is 17.7 Å². The van der Waals surface area contributed by atoms with Crippen LogP contribution in [0.3, 0.4) is 0 Å². The van der Waals surface area contributed by atoms with Crippen molar-refractivity contribution in [1.29, 1.82) is 0 Å². The van der Waals surface area contributed by atoms with E-state index in [1.165, 1.54) is 23.6 Å². The van der Waals surface area contributed by atoms with E-state index in [1.807, 2.05) is 5.43 Å². The lowest BCUT2D eigenvalue weighted by Gasteiger charge is -2.44. The predicted molar refractivity (Wildman–Crippen MR) is 87.3 cm³/mol. The molecular weight excluding hydrogens is 336 g/mol. The number of nitrogens with zero attached hydrogens (tertiary/aromatic N) is 1. The summed E-state index contributed by atoms with van der Waals surface area (Å²) in [5.41, 5.74) is 8.34. The van der Waals surface area contributed by atoms with Gasteiger partial charge in [-0.1, -0.05) is 6.92 Å². The fourth-order valence-corrected chi connectivity index (χ4v) is 4.18. The molecular formula is C14H22N4O5S. The Labute approximate surface area is 143 Å². The summed E-state index contributed by atoms with van der Waals surface area (Å²) in [5, 5.41) is 18.8. The van der Waals surface area contributed by atoms with Gasteiger partial charge in [0.1, 0.15) is 5.70 Å². The summed E-state index contributed by atoms with van der Waals surface area (Å²) in [5.74, 6) is 2.80. The molecule has 134 valence electrons. The molecule has 1 fully saturated rings. The first kappa shape index (κ1) is 18.7. The van der Waals surface area contributed by atoms with Gasteiger partial charge in [0.2, 0.25) is 5.91 Å². The molecule has 2 rings (SSSR count). The molecule has 5 atom stereocenters. The third-order valence-electron chi connectivity index (χ3n) is 4.49. The molecule has 0 aliphatic carbocycles. The number of carboxylic acid groups (broad SMARTS) is 1. The molecule has 0 aromatic heterocycles. The molecule has 24 heavy (non-hydrogen) atoms. The van der Waals surface area contributed by atoms with Gasteiger partial charge in [-0.05, 0) is 18.9 Å². The number of carboxylic acids is 1. The Kier molecular flexibility index (Phi) is 5.53. The molecule has 7 N–H and O–H groups in total. The number of thioether (sulfide) groups is 1. The summed E-state index contributed by atoms with van der Waals surface area (Å²) < 4.78 is 0. The number of hydrazine groups is 1. The number of β-lactam (4-membered cyclic amide) rings is 1. The monoisotopic (exact) mass is 358 g/mol. The SMILES string of the molecule is CC(O)C1C(=O)N2C(C(=O)O)=C(CSC(C)C(N)C(=O)NN)CC12. The zero-order chi connectivity index (χ0) is 18.2. The number of aliphatic hydroxyl groups excluding tert-OH is 1. The molecule has 2 amide bonds. The lowest BCUT2D eigenvalue weighted by atomic mass is 9.83. The van der Waals surface area contributed by atoms with Crippen molar-refractivity contribution in [2.45, 2.75) is 43.7 Å². The third kappa shape index (κ3) is 3.14. The van der Waals surface area contributed by atoms with Crippen LogP contribution in [0.5, 0.6) is 0 Å². The highest BCUT2D eigenvalue weighted by atomic mass is 32.2. The van der Waals surface area contributed by atoms with Gasteiger partial charge in [-0.2, -0.15) is 11.8 Å². The minimum Gasteiger partial charge on any atom is -0.477 e. The highest BCUT2D eigenvalue weighted by Gasteiger charge is 2.56. The highest BCUT2D eigenvalue weighted by Crippen LogP contribution is 2.44. The Bertz CT molecular complexity index is 594. The van der Waals surface area contributed by atoms with Gasteiger partial charge < -0.3 is 20.8 Å². The van der Waals surface area contributed by atoms with Crippen molar-refractivity contribution in [2.24, 2.45) is 17.5 Å². The molecule has 10 heteroatoms. The predicted octanol–water partition coefficient (Wildman–Crippen LogP) is -1.62. The molecule has 0 spiro atoms. The van der Waals surface area contributed by atoms with Crippen molar-refractivity contribution in [2.75, 3.05) is 5.75 Å². The van der Waals surface area contributed by atoms with Gasteiger partial charge in [0.05, 0.1) is 24.1 Å².